The van der Waals surface area contributed by atoms with Gasteiger partial charge in [0.15, 0.2) is 5.13 Å². The first-order valence-electron chi connectivity index (χ1n) is 9.08. The lowest BCUT2D eigenvalue weighted by atomic mass is 9.97. The van der Waals surface area contributed by atoms with E-state index in [-0.39, 0.29) is 11.9 Å². The quantitative estimate of drug-likeness (QED) is 0.803. The number of nitrogens with zero attached hydrogens (tertiary/aromatic N) is 3. The Morgan fingerprint density at radius 2 is 2.17 bits per heavy atom. The Morgan fingerprint density at radius 3 is 2.83 bits per heavy atom. The van der Waals surface area contributed by atoms with Gasteiger partial charge in [0.2, 0.25) is 5.91 Å². The Bertz CT molecular complexity index is 549. The van der Waals surface area contributed by atoms with Crippen molar-refractivity contribution in [3.05, 3.63) is 23.2 Å². The van der Waals surface area contributed by atoms with Gasteiger partial charge in [-0.1, -0.05) is 11.6 Å². The number of allylic oxidation sites excluding steroid dienone is 1. The molecule has 24 heavy (non-hydrogen) atoms. The van der Waals surface area contributed by atoms with Crippen molar-refractivity contribution < 1.29 is 4.79 Å². The Kier molecular flexibility index (Phi) is 6.26. The number of rotatable bonds is 6. The van der Waals surface area contributed by atoms with Gasteiger partial charge in [-0.2, -0.15) is 0 Å². The summed E-state index contributed by atoms with van der Waals surface area (Å²) in [7, 11) is 0. The lowest BCUT2D eigenvalue weighted by Gasteiger charge is -2.37. The normalized spacial score (nSPS) is 20.5. The number of nitrogens with one attached hydrogen (secondary N) is 1. The molecule has 1 saturated heterocycles. The second-order valence-corrected chi connectivity index (χ2v) is 7.54. The van der Waals surface area contributed by atoms with Crippen LogP contribution in [0.15, 0.2) is 23.2 Å². The molecule has 1 amide bonds. The van der Waals surface area contributed by atoms with E-state index in [1.807, 2.05) is 18.5 Å². The van der Waals surface area contributed by atoms with Crippen LogP contribution < -0.4 is 10.2 Å². The summed E-state index contributed by atoms with van der Waals surface area (Å²) in [5.41, 5.74) is 1.52. The summed E-state index contributed by atoms with van der Waals surface area (Å²) in [6, 6.07) is -0.0521. The molecule has 0 unspecified atom stereocenters. The molecule has 1 N–H and O–H groups in total. The fourth-order valence-corrected chi connectivity index (χ4v) is 4.16. The van der Waals surface area contributed by atoms with Crippen LogP contribution in [0, 0.1) is 0 Å². The minimum Gasteiger partial charge on any atom is -0.354 e. The molecular formula is C18H28N4OS. The highest BCUT2D eigenvalue weighted by Crippen LogP contribution is 2.20. The molecule has 2 aliphatic rings. The molecule has 0 radical (unpaired) electrons. The number of amides is 1. The van der Waals surface area contributed by atoms with Gasteiger partial charge in [0.05, 0.1) is 6.04 Å². The highest BCUT2D eigenvalue weighted by molar-refractivity contribution is 7.13. The van der Waals surface area contributed by atoms with Gasteiger partial charge in [0.25, 0.3) is 0 Å². The third kappa shape index (κ3) is 4.57. The van der Waals surface area contributed by atoms with Crippen LogP contribution in [0.1, 0.15) is 39.0 Å². The van der Waals surface area contributed by atoms with Gasteiger partial charge in [0.1, 0.15) is 0 Å². The molecule has 1 aliphatic carbocycles. The van der Waals surface area contributed by atoms with Crippen molar-refractivity contribution >= 4 is 22.4 Å². The molecule has 3 rings (SSSR count). The number of piperazine rings is 1. The van der Waals surface area contributed by atoms with Crippen LogP contribution in [0.3, 0.4) is 0 Å². The highest BCUT2D eigenvalue weighted by atomic mass is 32.1. The maximum Gasteiger partial charge on any atom is 0.237 e. The van der Waals surface area contributed by atoms with Crippen LogP contribution in [0.25, 0.3) is 0 Å². The van der Waals surface area contributed by atoms with E-state index < -0.39 is 0 Å². The van der Waals surface area contributed by atoms with Gasteiger partial charge in [-0.25, -0.2) is 4.98 Å². The van der Waals surface area contributed by atoms with Gasteiger partial charge in [0, 0.05) is 44.3 Å². The second kappa shape index (κ2) is 8.62. The maximum atomic E-state index is 12.4. The molecule has 0 saturated carbocycles. The molecule has 1 aromatic rings. The van der Waals surface area contributed by atoms with E-state index in [4.69, 9.17) is 0 Å². The van der Waals surface area contributed by atoms with Crippen LogP contribution >= 0.6 is 11.3 Å². The van der Waals surface area contributed by atoms with E-state index in [1.165, 1.54) is 31.3 Å². The third-order valence-corrected chi connectivity index (χ3v) is 5.89. The third-order valence-electron chi connectivity index (χ3n) is 5.06. The molecule has 2 heterocycles. The molecule has 5 nitrogen and oxygen atoms in total. The van der Waals surface area contributed by atoms with E-state index in [0.29, 0.717) is 0 Å². The number of aromatic nitrogens is 1. The standard InChI is InChI=1S/C18H28N4OS/c1-15(17(23)19-8-7-16-5-3-2-4-6-16)21-10-12-22(13-11-21)18-20-9-14-24-18/h5,9,14-15H,2-4,6-8,10-13H2,1H3,(H,19,23)/t15-/m0/s1. The Hall–Kier alpha value is -1.40. The highest BCUT2D eigenvalue weighted by Gasteiger charge is 2.26. The minimum atomic E-state index is -0.0521. The first kappa shape index (κ1) is 17.4. The molecule has 132 valence electrons. The molecule has 0 aromatic carbocycles. The predicted octanol–water partition coefficient (Wildman–Crippen LogP) is 2.66. The molecule has 1 aromatic heterocycles. The van der Waals surface area contributed by atoms with Gasteiger partial charge >= 0.3 is 0 Å². The molecule has 1 aliphatic heterocycles. The average Bonchev–Trinajstić information content (AvgIpc) is 3.17. The Labute approximate surface area is 148 Å². The number of thiazole rings is 1. The van der Waals surface area contributed by atoms with E-state index >= 15 is 0 Å². The lowest BCUT2D eigenvalue weighted by Crippen LogP contribution is -2.54. The number of hydrogen-bond acceptors (Lipinski definition) is 5. The summed E-state index contributed by atoms with van der Waals surface area (Å²) in [4.78, 5) is 21.4. The first-order chi connectivity index (χ1) is 11.7. The minimum absolute atomic E-state index is 0.0521. The van der Waals surface area contributed by atoms with Crippen LogP contribution in [-0.4, -0.2) is 54.6 Å². The number of hydrogen-bond donors (Lipinski definition) is 1. The molecule has 1 atom stereocenters. The molecule has 0 bridgehead atoms. The summed E-state index contributed by atoms with van der Waals surface area (Å²) in [5, 5.41) is 6.22. The topological polar surface area (TPSA) is 48.5 Å². The number of anilines is 1. The van der Waals surface area contributed by atoms with E-state index in [9.17, 15) is 4.79 Å². The van der Waals surface area contributed by atoms with Crippen molar-refractivity contribution in [2.75, 3.05) is 37.6 Å². The zero-order chi connectivity index (χ0) is 16.8. The Balaban J connectivity index is 1.38. The van der Waals surface area contributed by atoms with Crippen molar-refractivity contribution in [2.45, 2.75) is 45.1 Å². The monoisotopic (exact) mass is 348 g/mol. The number of carbonyl (C=O) groups excluding carboxylic acids is 1. The van der Waals surface area contributed by atoms with Gasteiger partial charge in [-0.05, 0) is 39.0 Å². The summed E-state index contributed by atoms with van der Waals surface area (Å²) >= 11 is 1.68. The van der Waals surface area contributed by atoms with E-state index in [1.54, 1.807) is 11.3 Å². The van der Waals surface area contributed by atoms with Crippen molar-refractivity contribution in [1.82, 2.24) is 15.2 Å². The zero-order valence-corrected chi connectivity index (χ0v) is 15.4. The zero-order valence-electron chi connectivity index (χ0n) is 14.5. The molecular weight excluding hydrogens is 320 g/mol. The van der Waals surface area contributed by atoms with Crippen molar-refractivity contribution in [2.24, 2.45) is 0 Å². The van der Waals surface area contributed by atoms with Crippen molar-refractivity contribution in [3.63, 3.8) is 0 Å². The van der Waals surface area contributed by atoms with E-state index in [0.717, 1.165) is 44.3 Å². The number of carbonyl (C=O) groups is 1. The molecule has 6 heteroatoms. The van der Waals surface area contributed by atoms with Crippen molar-refractivity contribution in [3.8, 4) is 0 Å². The first-order valence-corrected chi connectivity index (χ1v) is 9.96. The fraction of sp³-hybridized carbons (Fsp3) is 0.667. The molecule has 0 spiro atoms. The van der Waals surface area contributed by atoms with Crippen LogP contribution in [0.4, 0.5) is 5.13 Å². The van der Waals surface area contributed by atoms with Gasteiger partial charge < -0.3 is 10.2 Å². The second-order valence-electron chi connectivity index (χ2n) is 6.66. The maximum absolute atomic E-state index is 12.4. The average molecular weight is 349 g/mol. The van der Waals surface area contributed by atoms with Gasteiger partial charge in [-0.3, -0.25) is 9.69 Å². The van der Waals surface area contributed by atoms with Crippen LogP contribution in [-0.2, 0) is 4.79 Å². The Morgan fingerprint density at radius 1 is 1.33 bits per heavy atom. The molecule has 1 fully saturated rings. The summed E-state index contributed by atoms with van der Waals surface area (Å²) < 4.78 is 0. The summed E-state index contributed by atoms with van der Waals surface area (Å²) in [6.45, 7) is 6.51. The van der Waals surface area contributed by atoms with Gasteiger partial charge in [-0.15, -0.1) is 11.3 Å². The van der Waals surface area contributed by atoms with E-state index in [2.05, 4.69) is 26.2 Å². The predicted molar refractivity (Wildman–Crippen MR) is 99.5 cm³/mol. The summed E-state index contributed by atoms with van der Waals surface area (Å²) in [6.07, 6.45) is 10.3. The van der Waals surface area contributed by atoms with Crippen LogP contribution in [0.5, 0.6) is 0 Å². The fourth-order valence-electron chi connectivity index (χ4n) is 3.46. The largest absolute Gasteiger partial charge is 0.354 e. The smallest absolute Gasteiger partial charge is 0.237 e. The van der Waals surface area contributed by atoms with Crippen LogP contribution in [0.2, 0.25) is 0 Å². The SMILES string of the molecule is C[C@@H](C(=O)NCCC1=CCCCC1)N1CCN(c2nccs2)CC1. The summed E-state index contributed by atoms with van der Waals surface area (Å²) in [5.74, 6) is 0.161. The van der Waals surface area contributed by atoms with Crippen molar-refractivity contribution in [1.29, 1.82) is 0 Å². The lowest BCUT2D eigenvalue weighted by molar-refractivity contribution is -0.125.